The summed E-state index contributed by atoms with van der Waals surface area (Å²) in [6, 6.07) is 7.41. The first-order valence-electron chi connectivity index (χ1n) is 9.85. The molecule has 0 amide bonds. The molecule has 0 spiro atoms. The first kappa shape index (κ1) is 19.1. The van der Waals surface area contributed by atoms with Crippen molar-refractivity contribution in [2.24, 2.45) is 0 Å². The van der Waals surface area contributed by atoms with Crippen LogP contribution in [0.1, 0.15) is 43.9 Å². The molecule has 2 atom stereocenters. The third-order valence-electron chi connectivity index (χ3n) is 5.37. The van der Waals surface area contributed by atoms with Crippen LogP contribution in [0.15, 0.2) is 18.2 Å². The average Bonchev–Trinajstić information content (AvgIpc) is 2.86. The molecule has 3 rings (SSSR count). The number of methoxy groups -OCH3 is 1. The van der Waals surface area contributed by atoms with Crippen molar-refractivity contribution in [2.45, 2.75) is 58.5 Å². The molecule has 5 heteroatoms. The summed E-state index contributed by atoms with van der Waals surface area (Å²) in [6.07, 6.45) is 4.58. The van der Waals surface area contributed by atoms with E-state index in [-0.39, 0.29) is 0 Å². The van der Waals surface area contributed by atoms with Crippen LogP contribution >= 0.6 is 0 Å². The lowest BCUT2D eigenvalue weighted by atomic mass is 10.1. The Bertz CT molecular complexity index is 733. The minimum Gasteiger partial charge on any atom is -0.383 e. The van der Waals surface area contributed by atoms with Gasteiger partial charge in [0.25, 0.3) is 0 Å². The summed E-state index contributed by atoms with van der Waals surface area (Å²) in [5.41, 5.74) is 3.36. The molecular weight excluding hydrogens is 324 g/mol. The molecule has 0 aliphatic carbocycles. The zero-order valence-electron chi connectivity index (χ0n) is 16.6. The summed E-state index contributed by atoms with van der Waals surface area (Å²) in [4.78, 5) is 12.0. The Hall–Kier alpha value is -1.72. The minimum atomic E-state index is 0.443. The monoisotopic (exact) mass is 356 g/mol. The van der Waals surface area contributed by atoms with Crippen molar-refractivity contribution in [1.82, 2.24) is 15.3 Å². The number of nitrogens with zero attached hydrogens (tertiary/aromatic N) is 3. The highest BCUT2D eigenvalue weighted by atomic mass is 16.5. The van der Waals surface area contributed by atoms with Gasteiger partial charge < -0.3 is 15.0 Å². The van der Waals surface area contributed by atoms with Crippen LogP contribution in [0.2, 0.25) is 0 Å². The Labute approximate surface area is 157 Å². The quantitative estimate of drug-likeness (QED) is 0.857. The highest BCUT2D eigenvalue weighted by Gasteiger charge is 2.21. The molecule has 1 fully saturated rings. The fourth-order valence-electron chi connectivity index (χ4n) is 3.81. The maximum atomic E-state index is 5.33. The third-order valence-corrected chi connectivity index (χ3v) is 5.37. The molecule has 1 aromatic heterocycles. The molecule has 1 aliphatic rings. The number of ether oxygens (including phenoxy) is 1. The zero-order valence-corrected chi connectivity index (χ0v) is 16.6. The first-order chi connectivity index (χ1) is 12.6. The second-order valence-corrected chi connectivity index (χ2v) is 7.47. The zero-order chi connectivity index (χ0) is 18.5. The molecule has 2 heterocycles. The standard InChI is InChI=1S/C21H32N4O/c1-5-17(14-26-4)23-18-7-6-11-25(12-10-18)21-22-16(3)19-9-8-15(2)13-20(19)24-21/h8-9,13,17-18,23H,5-7,10-12,14H2,1-4H3. The van der Waals surface area contributed by atoms with Gasteiger partial charge >= 0.3 is 0 Å². The van der Waals surface area contributed by atoms with Crippen LogP contribution < -0.4 is 10.2 Å². The predicted octanol–water partition coefficient (Wildman–Crippen LogP) is 3.62. The molecule has 0 saturated carbocycles. The van der Waals surface area contributed by atoms with E-state index in [1.54, 1.807) is 7.11 Å². The highest BCUT2D eigenvalue weighted by molar-refractivity contribution is 5.82. The van der Waals surface area contributed by atoms with Crippen LogP contribution in [0.4, 0.5) is 5.95 Å². The summed E-state index contributed by atoms with van der Waals surface area (Å²) in [5.74, 6) is 0.880. The van der Waals surface area contributed by atoms with Crippen molar-refractivity contribution in [3.8, 4) is 0 Å². The van der Waals surface area contributed by atoms with E-state index in [1.807, 2.05) is 0 Å². The molecule has 1 aromatic carbocycles. The number of hydrogen-bond acceptors (Lipinski definition) is 5. The third kappa shape index (κ3) is 4.51. The van der Waals surface area contributed by atoms with Crippen molar-refractivity contribution in [1.29, 1.82) is 0 Å². The van der Waals surface area contributed by atoms with Crippen molar-refractivity contribution >= 4 is 16.9 Å². The molecule has 5 nitrogen and oxygen atoms in total. The van der Waals surface area contributed by atoms with E-state index in [4.69, 9.17) is 14.7 Å². The number of hydrogen-bond donors (Lipinski definition) is 1. The second-order valence-electron chi connectivity index (χ2n) is 7.47. The summed E-state index contributed by atoms with van der Waals surface area (Å²) in [6.45, 7) is 9.22. The molecule has 0 bridgehead atoms. The Kier molecular flexibility index (Phi) is 6.43. The van der Waals surface area contributed by atoms with Crippen molar-refractivity contribution in [3.63, 3.8) is 0 Å². The molecule has 2 aromatic rings. The van der Waals surface area contributed by atoms with E-state index in [0.717, 1.165) is 61.5 Å². The number of nitrogens with one attached hydrogen (secondary N) is 1. The lowest BCUT2D eigenvalue weighted by Crippen LogP contribution is -2.41. The summed E-state index contributed by atoms with van der Waals surface area (Å²) < 4.78 is 5.33. The van der Waals surface area contributed by atoms with Gasteiger partial charge in [0.2, 0.25) is 5.95 Å². The van der Waals surface area contributed by atoms with Crippen molar-refractivity contribution in [3.05, 3.63) is 29.5 Å². The smallest absolute Gasteiger partial charge is 0.226 e. The van der Waals surface area contributed by atoms with E-state index in [9.17, 15) is 0 Å². The van der Waals surface area contributed by atoms with Gasteiger partial charge in [-0.25, -0.2) is 9.97 Å². The van der Waals surface area contributed by atoms with E-state index in [2.05, 4.69) is 49.2 Å². The maximum Gasteiger partial charge on any atom is 0.226 e. The fourth-order valence-corrected chi connectivity index (χ4v) is 3.81. The fraction of sp³-hybridized carbons (Fsp3) is 0.619. The van der Waals surface area contributed by atoms with Gasteiger partial charge in [-0.3, -0.25) is 0 Å². The molecule has 2 unspecified atom stereocenters. The maximum absolute atomic E-state index is 5.33. The number of fused-ring (bicyclic) bond motifs is 1. The molecule has 1 N–H and O–H groups in total. The minimum absolute atomic E-state index is 0.443. The number of rotatable bonds is 6. The van der Waals surface area contributed by atoms with Gasteiger partial charge in [0, 0.05) is 37.7 Å². The normalized spacial score (nSPS) is 19.5. The predicted molar refractivity (Wildman–Crippen MR) is 108 cm³/mol. The van der Waals surface area contributed by atoms with Crippen LogP contribution in [0.25, 0.3) is 10.9 Å². The van der Waals surface area contributed by atoms with Crippen LogP contribution in [0.3, 0.4) is 0 Å². The van der Waals surface area contributed by atoms with E-state index in [0.29, 0.717) is 12.1 Å². The largest absolute Gasteiger partial charge is 0.383 e. The topological polar surface area (TPSA) is 50.3 Å². The molecule has 26 heavy (non-hydrogen) atoms. The Morgan fingerprint density at radius 2 is 2.08 bits per heavy atom. The van der Waals surface area contributed by atoms with Gasteiger partial charge in [-0.2, -0.15) is 0 Å². The Morgan fingerprint density at radius 1 is 1.23 bits per heavy atom. The van der Waals surface area contributed by atoms with Gasteiger partial charge in [-0.1, -0.05) is 19.1 Å². The number of aromatic nitrogens is 2. The van der Waals surface area contributed by atoms with E-state index >= 15 is 0 Å². The molecule has 142 valence electrons. The van der Waals surface area contributed by atoms with Crippen LogP contribution in [0.5, 0.6) is 0 Å². The Balaban J connectivity index is 1.72. The van der Waals surface area contributed by atoms with E-state index < -0.39 is 0 Å². The first-order valence-corrected chi connectivity index (χ1v) is 9.85. The summed E-state index contributed by atoms with van der Waals surface area (Å²) in [7, 11) is 1.78. The van der Waals surface area contributed by atoms with Crippen molar-refractivity contribution in [2.75, 3.05) is 31.7 Å². The molecule has 1 aliphatic heterocycles. The van der Waals surface area contributed by atoms with Crippen molar-refractivity contribution < 1.29 is 4.74 Å². The highest BCUT2D eigenvalue weighted by Crippen LogP contribution is 2.22. The summed E-state index contributed by atoms with van der Waals surface area (Å²) in [5, 5.41) is 4.93. The van der Waals surface area contributed by atoms with Crippen LogP contribution in [-0.2, 0) is 4.74 Å². The lowest BCUT2D eigenvalue weighted by Gasteiger charge is -2.24. The number of aryl methyl sites for hydroxylation is 2. The SMILES string of the molecule is CCC(COC)NC1CCCN(c2nc(C)c3ccc(C)cc3n2)CC1. The lowest BCUT2D eigenvalue weighted by molar-refractivity contribution is 0.157. The van der Waals surface area contributed by atoms with Gasteiger partial charge in [0.15, 0.2) is 0 Å². The second kappa shape index (κ2) is 8.78. The van der Waals surface area contributed by atoms with Gasteiger partial charge in [0.05, 0.1) is 17.8 Å². The summed E-state index contributed by atoms with van der Waals surface area (Å²) >= 11 is 0. The number of anilines is 1. The van der Waals surface area contributed by atoms with Crippen LogP contribution in [0, 0.1) is 13.8 Å². The molecule has 1 saturated heterocycles. The number of benzene rings is 1. The molecular formula is C21H32N4O. The average molecular weight is 357 g/mol. The molecule has 0 radical (unpaired) electrons. The Morgan fingerprint density at radius 3 is 2.85 bits per heavy atom. The van der Waals surface area contributed by atoms with E-state index in [1.165, 1.54) is 12.0 Å². The van der Waals surface area contributed by atoms with Crippen LogP contribution in [-0.4, -0.2) is 48.9 Å². The van der Waals surface area contributed by atoms with Gasteiger partial charge in [-0.15, -0.1) is 0 Å². The van der Waals surface area contributed by atoms with Gasteiger partial charge in [-0.05, 0) is 51.2 Å². The van der Waals surface area contributed by atoms with Gasteiger partial charge in [0.1, 0.15) is 0 Å².